The molecule has 290 valence electrons. The lowest BCUT2D eigenvalue weighted by molar-refractivity contribution is 0.517. The van der Waals surface area contributed by atoms with Gasteiger partial charge in [-0.3, -0.25) is 0 Å². The van der Waals surface area contributed by atoms with E-state index in [1.165, 1.54) is 86.1 Å². The molecule has 3 aliphatic rings. The van der Waals surface area contributed by atoms with Crippen molar-refractivity contribution in [3.05, 3.63) is 223 Å². The molecule has 8 aromatic rings. The molecule has 2 nitrogen and oxygen atoms in total. The number of rotatable bonds is 8. The molecule has 11 rings (SSSR count). The smallest absolute Gasteiger partial charge is 0.0537 e. The van der Waals surface area contributed by atoms with Crippen molar-refractivity contribution in [2.75, 3.05) is 4.90 Å². The van der Waals surface area contributed by atoms with Crippen molar-refractivity contribution >= 4 is 34.0 Å². The van der Waals surface area contributed by atoms with Crippen LogP contribution in [0.2, 0.25) is 0 Å². The predicted molar refractivity (Wildman–Crippen MR) is 254 cm³/mol. The van der Waals surface area contributed by atoms with E-state index < -0.39 is 0 Å². The lowest BCUT2D eigenvalue weighted by atomic mass is 9.75. The maximum atomic E-state index is 2.47. The van der Waals surface area contributed by atoms with E-state index in [0.29, 0.717) is 17.8 Å². The molecule has 0 fully saturated rings. The number of allylic oxidation sites excluding steroid dienone is 5. The van der Waals surface area contributed by atoms with Crippen LogP contribution in [0.25, 0.3) is 56.0 Å². The highest BCUT2D eigenvalue weighted by molar-refractivity contribution is 5.92. The number of anilines is 3. The van der Waals surface area contributed by atoms with Crippen LogP contribution in [0.15, 0.2) is 206 Å². The van der Waals surface area contributed by atoms with E-state index >= 15 is 0 Å². The molecule has 0 saturated carbocycles. The van der Waals surface area contributed by atoms with E-state index in [1.54, 1.807) is 0 Å². The molecular formula is C58H48N2. The normalized spacial score (nSPS) is 18.0. The monoisotopic (exact) mass is 772 g/mol. The van der Waals surface area contributed by atoms with Crippen LogP contribution >= 0.6 is 0 Å². The van der Waals surface area contributed by atoms with Gasteiger partial charge in [0.1, 0.15) is 0 Å². The van der Waals surface area contributed by atoms with Gasteiger partial charge in [-0.1, -0.05) is 152 Å². The zero-order valence-electron chi connectivity index (χ0n) is 33.9. The van der Waals surface area contributed by atoms with Gasteiger partial charge < -0.3 is 9.47 Å². The van der Waals surface area contributed by atoms with Gasteiger partial charge in [-0.05, 0) is 149 Å². The fraction of sp³-hybridized carbons (Fsp3) is 0.138. The molecule has 1 heterocycles. The minimum absolute atomic E-state index is 0.444. The van der Waals surface area contributed by atoms with Crippen LogP contribution in [0, 0.1) is 5.92 Å². The summed E-state index contributed by atoms with van der Waals surface area (Å²) < 4.78 is 2.47. The second-order valence-electron chi connectivity index (χ2n) is 16.7. The molecule has 0 aliphatic heterocycles. The second-order valence-corrected chi connectivity index (χ2v) is 16.7. The van der Waals surface area contributed by atoms with E-state index in [2.05, 4.69) is 222 Å². The molecule has 2 heteroatoms. The van der Waals surface area contributed by atoms with Crippen molar-refractivity contribution < 1.29 is 0 Å². The first kappa shape index (κ1) is 36.2. The number of aromatic nitrogens is 1. The minimum atomic E-state index is 0.444. The number of para-hydroxylation sites is 1. The SMILES string of the molecule is C1=CCC(c2ccc(N(c3ccc(-c4ccccc4)cc3)c3ccc(-c4ccccc4-c4ccc(-n5c6c(c7ccccc75)C5C=CCCC5C=C6)cc4)cc3)cc2)CC1. The molecule has 60 heavy (non-hydrogen) atoms. The summed E-state index contributed by atoms with van der Waals surface area (Å²) in [6.07, 6.45) is 20.2. The van der Waals surface area contributed by atoms with Crippen molar-refractivity contribution in [1.29, 1.82) is 0 Å². The molecule has 3 aliphatic carbocycles. The Morgan fingerprint density at radius 3 is 1.73 bits per heavy atom. The summed E-state index contributed by atoms with van der Waals surface area (Å²) in [7, 11) is 0. The standard InChI is InChI=1S/C58H48N2/c1-3-13-41(14-4-1)43-23-32-48(33-24-43)59(49-34-25-44(26-35-49)42-15-5-2-6-16-42)50-36-27-46(28-37-50)52-18-9-10-19-53(52)47-29-38-51(39-30-47)60-56-22-12-11-21-55(56)58-54-20-8-7-17-45(54)31-40-57(58)60/h1-5,8-14,18-40,42,45,54H,6-7,15-17H2. The molecule has 7 aromatic carbocycles. The number of benzene rings is 7. The van der Waals surface area contributed by atoms with Gasteiger partial charge in [0.2, 0.25) is 0 Å². The first-order chi connectivity index (χ1) is 29.8. The number of nitrogens with zero attached hydrogens (tertiary/aromatic N) is 2. The summed E-state index contributed by atoms with van der Waals surface area (Å²) in [4.78, 5) is 2.39. The Morgan fingerprint density at radius 1 is 0.467 bits per heavy atom. The molecule has 3 unspecified atom stereocenters. The van der Waals surface area contributed by atoms with Crippen LogP contribution in [-0.4, -0.2) is 4.57 Å². The van der Waals surface area contributed by atoms with Gasteiger partial charge in [-0.25, -0.2) is 0 Å². The Balaban J connectivity index is 0.921. The van der Waals surface area contributed by atoms with Crippen LogP contribution in [0.3, 0.4) is 0 Å². The van der Waals surface area contributed by atoms with E-state index in [9.17, 15) is 0 Å². The van der Waals surface area contributed by atoms with Gasteiger partial charge in [-0.2, -0.15) is 0 Å². The molecular weight excluding hydrogens is 725 g/mol. The van der Waals surface area contributed by atoms with Crippen LogP contribution < -0.4 is 4.90 Å². The fourth-order valence-electron chi connectivity index (χ4n) is 10.1. The number of hydrogen-bond donors (Lipinski definition) is 0. The van der Waals surface area contributed by atoms with Crippen molar-refractivity contribution in [3.63, 3.8) is 0 Å². The third-order valence-corrected chi connectivity index (χ3v) is 13.2. The maximum Gasteiger partial charge on any atom is 0.0537 e. The maximum absolute atomic E-state index is 2.47. The highest BCUT2D eigenvalue weighted by Gasteiger charge is 2.31. The molecule has 0 bridgehead atoms. The van der Waals surface area contributed by atoms with Gasteiger partial charge in [0, 0.05) is 34.1 Å². The van der Waals surface area contributed by atoms with Crippen molar-refractivity contribution in [3.8, 4) is 39.1 Å². The van der Waals surface area contributed by atoms with E-state index in [1.807, 2.05) is 0 Å². The molecule has 0 spiro atoms. The first-order valence-electron chi connectivity index (χ1n) is 21.8. The molecule has 3 atom stereocenters. The summed E-state index contributed by atoms with van der Waals surface area (Å²) in [5.41, 5.74) is 17.4. The van der Waals surface area contributed by atoms with Crippen LogP contribution in [0.5, 0.6) is 0 Å². The number of hydrogen-bond acceptors (Lipinski definition) is 1. The van der Waals surface area contributed by atoms with Crippen LogP contribution in [0.1, 0.15) is 60.8 Å². The number of fused-ring (bicyclic) bond motifs is 5. The highest BCUT2D eigenvalue weighted by Crippen LogP contribution is 2.46. The second kappa shape index (κ2) is 15.7. The van der Waals surface area contributed by atoms with E-state index in [0.717, 1.165) is 29.9 Å². The van der Waals surface area contributed by atoms with Crippen molar-refractivity contribution in [1.82, 2.24) is 4.57 Å². The van der Waals surface area contributed by atoms with E-state index in [-0.39, 0.29) is 0 Å². The average molecular weight is 773 g/mol. The Labute approximate surface area is 354 Å². The van der Waals surface area contributed by atoms with Gasteiger partial charge in [0.15, 0.2) is 0 Å². The molecule has 0 saturated heterocycles. The van der Waals surface area contributed by atoms with Crippen LogP contribution in [0.4, 0.5) is 17.1 Å². The van der Waals surface area contributed by atoms with Crippen LogP contribution in [-0.2, 0) is 0 Å². The quantitative estimate of drug-likeness (QED) is 0.140. The summed E-state index contributed by atoms with van der Waals surface area (Å²) in [5.74, 6) is 1.62. The lowest BCUT2D eigenvalue weighted by Crippen LogP contribution is -2.16. The molecule has 0 amide bonds. The van der Waals surface area contributed by atoms with Gasteiger partial charge in [0.05, 0.1) is 11.2 Å². The van der Waals surface area contributed by atoms with Crippen molar-refractivity contribution in [2.24, 2.45) is 5.92 Å². The fourth-order valence-corrected chi connectivity index (χ4v) is 10.1. The summed E-state index contributed by atoms with van der Waals surface area (Å²) in [6.45, 7) is 0. The minimum Gasteiger partial charge on any atom is -0.311 e. The zero-order chi connectivity index (χ0) is 39.8. The van der Waals surface area contributed by atoms with Gasteiger partial charge in [-0.15, -0.1) is 0 Å². The Morgan fingerprint density at radius 2 is 1.05 bits per heavy atom. The third kappa shape index (κ3) is 6.63. The predicted octanol–water partition coefficient (Wildman–Crippen LogP) is 16.0. The first-order valence-corrected chi connectivity index (χ1v) is 21.8. The topological polar surface area (TPSA) is 8.17 Å². The lowest BCUT2D eigenvalue weighted by Gasteiger charge is -2.29. The average Bonchev–Trinajstić information content (AvgIpc) is 3.68. The van der Waals surface area contributed by atoms with Gasteiger partial charge in [0.25, 0.3) is 0 Å². The summed E-state index contributed by atoms with van der Waals surface area (Å²) in [6, 6.07) is 65.0. The zero-order valence-corrected chi connectivity index (χ0v) is 33.9. The Kier molecular flexibility index (Phi) is 9.47. The Bertz CT molecular complexity index is 2870. The summed E-state index contributed by atoms with van der Waals surface area (Å²) in [5, 5.41) is 1.37. The van der Waals surface area contributed by atoms with Gasteiger partial charge >= 0.3 is 0 Å². The highest BCUT2D eigenvalue weighted by atomic mass is 15.1. The largest absolute Gasteiger partial charge is 0.311 e. The van der Waals surface area contributed by atoms with E-state index in [4.69, 9.17) is 0 Å². The van der Waals surface area contributed by atoms with Crippen molar-refractivity contribution in [2.45, 2.75) is 43.9 Å². The molecule has 0 radical (unpaired) electrons. The Hall–Kier alpha value is -6.90. The third-order valence-electron chi connectivity index (χ3n) is 13.2. The molecule has 0 N–H and O–H groups in total. The molecule has 1 aromatic heterocycles. The summed E-state index contributed by atoms with van der Waals surface area (Å²) >= 11 is 0.